The zero-order valence-corrected chi connectivity index (χ0v) is 17.4. The molecular formula is C23H25ClN2O3. The average molecular weight is 413 g/mol. The number of fused-ring (bicyclic) bond motifs is 1. The SMILES string of the molecule is COCCOc1c(C2=NCCN2)cc2ccccc2c1-c1cccc(OC)c1.Cl. The number of amidine groups is 1. The summed E-state index contributed by atoms with van der Waals surface area (Å²) in [5, 5.41) is 5.66. The number of methoxy groups -OCH3 is 2. The molecule has 5 nitrogen and oxygen atoms in total. The number of halogens is 1. The molecule has 0 unspecified atom stereocenters. The first-order valence-electron chi connectivity index (χ1n) is 9.42. The summed E-state index contributed by atoms with van der Waals surface area (Å²) in [6.45, 7) is 2.60. The predicted octanol–water partition coefficient (Wildman–Crippen LogP) is 4.31. The van der Waals surface area contributed by atoms with Crippen molar-refractivity contribution in [3.8, 4) is 22.6 Å². The Kier molecular flexibility index (Phi) is 6.96. The van der Waals surface area contributed by atoms with Gasteiger partial charge in [0.25, 0.3) is 0 Å². The third-order valence-corrected chi connectivity index (χ3v) is 4.82. The molecule has 0 saturated heterocycles. The zero-order valence-electron chi connectivity index (χ0n) is 16.6. The van der Waals surface area contributed by atoms with Crippen LogP contribution in [0.25, 0.3) is 21.9 Å². The highest BCUT2D eigenvalue weighted by atomic mass is 35.5. The van der Waals surface area contributed by atoms with E-state index in [9.17, 15) is 0 Å². The standard InChI is InChI=1S/C23H24N2O3.ClH/c1-26-12-13-28-22-20(23-24-10-11-25-23)15-16-6-3-4-9-19(16)21(22)17-7-5-8-18(14-17)27-2;/h3-9,14-15H,10-13H2,1-2H3,(H,24,25);1H. The summed E-state index contributed by atoms with van der Waals surface area (Å²) in [5.41, 5.74) is 3.06. The van der Waals surface area contributed by atoms with E-state index in [1.165, 1.54) is 0 Å². The van der Waals surface area contributed by atoms with Crippen LogP contribution >= 0.6 is 12.4 Å². The maximum absolute atomic E-state index is 6.27. The number of nitrogens with zero attached hydrogens (tertiary/aromatic N) is 1. The highest BCUT2D eigenvalue weighted by Gasteiger charge is 2.21. The van der Waals surface area contributed by atoms with Gasteiger partial charge in [-0.3, -0.25) is 4.99 Å². The lowest BCUT2D eigenvalue weighted by molar-refractivity contribution is 0.146. The van der Waals surface area contributed by atoms with E-state index >= 15 is 0 Å². The molecule has 3 aromatic rings. The van der Waals surface area contributed by atoms with Gasteiger partial charge in [0.05, 0.1) is 25.8 Å². The van der Waals surface area contributed by atoms with Gasteiger partial charge in [-0.1, -0.05) is 36.4 Å². The summed E-state index contributed by atoms with van der Waals surface area (Å²) in [4.78, 5) is 4.64. The van der Waals surface area contributed by atoms with Crippen LogP contribution in [0.3, 0.4) is 0 Å². The van der Waals surface area contributed by atoms with Crippen LogP contribution in [0.15, 0.2) is 59.6 Å². The Bertz CT molecular complexity index is 1020. The molecule has 0 aromatic heterocycles. The summed E-state index contributed by atoms with van der Waals surface area (Å²) in [6.07, 6.45) is 0. The fourth-order valence-corrected chi connectivity index (χ4v) is 3.52. The summed E-state index contributed by atoms with van der Waals surface area (Å²) in [7, 11) is 3.36. The summed E-state index contributed by atoms with van der Waals surface area (Å²) < 4.78 is 16.9. The van der Waals surface area contributed by atoms with Crippen molar-refractivity contribution in [2.45, 2.75) is 0 Å². The van der Waals surface area contributed by atoms with Gasteiger partial charge in [0.2, 0.25) is 0 Å². The molecule has 0 bridgehead atoms. The molecule has 4 rings (SSSR count). The van der Waals surface area contributed by atoms with Gasteiger partial charge in [-0.25, -0.2) is 0 Å². The number of nitrogens with one attached hydrogen (secondary N) is 1. The number of hydrogen-bond acceptors (Lipinski definition) is 5. The lowest BCUT2D eigenvalue weighted by Crippen LogP contribution is -2.21. The van der Waals surface area contributed by atoms with Gasteiger partial charge in [0.15, 0.2) is 0 Å². The number of rotatable bonds is 7. The largest absolute Gasteiger partial charge is 0.497 e. The first-order chi connectivity index (χ1) is 13.8. The molecule has 1 aliphatic rings. The van der Waals surface area contributed by atoms with Crippen molar-refractivity contribution in [2.24, 2.45) is 4.99 Å². The van der Waals surface area contributed by atoms with E-state index < -0.39 is 0 Å². The van der Waals surface area contributed by atoms with Gasteiger partial charge in [0.1, 0.15) is 23.9 Å². The normalized spacial score (nSPS) is 12.8. The summed E-state index contributed by atoms with van der Waals surface area (Å²) >= 11 is 0. The van der Waals surface area contributed by atoms with E-state index in [0.717, 1.165) is 57.9 Å². The van der Waals surface area contributed by atoms with Crippen LogP contribution in [-0.4, -0.2) is 46.4 Å². The van der Waals surface area contributed by atoms with Crippen LogP contribution in [0.2, 0.25) is 0 Å². The van der Waals surface area contributed by atoms with Crippen LogP contribution in [0, 0.1) is 0 Å². The Hall–Kier alpha value is -2.76. The minimum atomic E-state index is 0. The molecule has 0 fully saturated rings. The first-order valence-corrected chi connectivity index (χ1v) is 9.42. The van der Waals surface area contributed by atoms with E-state index in [4.69, 9.17) is 14.2 Å². The lowest BCUT2D eigenvalue weighted by Gasteiger charge is -2.19. The third-order valence-electron chi connectivity index (χ3n) is 4.82. The van der Waals surface area contributed by atoms with E-state index in [1.54, 1.807) is 14.2 Å². The van der Waals surface area contributed by atoms with Crippen molar-refractivity contribution in [2.75, 3.05) is 40.5 Å². The fraction of sp³-hybridized carbons (Fsp3) is 0.261. The zero-order chi connectivity index (χ0) is 19.3. The molecule has 0 saturated carbocycles. The molecule has 1 N–H and O–H groups in total. The van der Waals surface area contributed by atoms with E-state index in [2.05, 4.69) is 46.7 Å². The second kappa shape index (κ2) is 9.63. The number of ether oxygens (including phenoxy) is 3. The minimum absolute atomic E-state index is 0. The van der Waals surface area contributed by atoms with Gasteiger partial charge in [0, 0.05) is 19.2 Å². The topological polar surface area (TPSA) is 52.1 Å². The maximum atomic E-state index is 6.27. The highest BCUT2D eigenvalue weighted by Crippen LogP contribution is 2.41. The van der Waals surface area contributed by atoms with Gasteiger partial charge in [-0.15, -0.1) is 12.4 Å². The third kappa shape index (κ3) is 4.31. The van der Waals surface area contributed by atoms with Gasteiger partial charge >= 0.3 is 0 Å². The van der Waals surface area contributed by atoms with Crippen molar-refractivity contribution in [3.05, 3.63) is 60.2 Å². The van der Waals surface area contributed by atoms with Crippen molar-refractivity contribution < 1.29 is 14.2 Å². The smallest absolute Gasteiger partial charge is 0.138 e. The van der Waals surface area contributed by atoms with Crippen molar-refractivity contribution in [1.82, 2.24) is 5.32 Å². The van der Waals surface area contributed by atoms with Crippen LogP contribution in [-0.2, 0) is 4.74 Å². The number of aliphatic imine (C=N–C) groups is 1. The molecule has 152 valence electrons. The highest BCUT2D eigenvalue weighted by molar-refractivity contribution is 6.11. The summed E-state index contributed by atoms with van der Waals surface area (Å²) in [5.74, 6) is 2.51. The second-order valence-electron chi connectivity index (χ2n) is 6.58. The van der Waals surface area contributed by atoms with Crippen LogP contribution in [0.1, 0.15) is 5.56 Å². The molecule has 0 radical (unpaired) electrons. The lowest BCUT2D eigenvalue weighted by atomic mass is 9.93. The van der Waals surface area contributed by atoms with E-state index in [0.29, 0.717) is 13.2 Å². The number of benzene rings is 3. The molecule has 0 aliphatic carbocycles. The van der Waals surface area contributed by atoms with Crippen LogP contribution in [0.5, 0.6) is 11.5 Å². The Morgan fingerprint density at radius 3 is 2.62 bits per heavy atom. The minimum Gasteiger partial charge on any atom is -0.497 e. The Morgan fingerprint density at radius 2 is 1.86 bits per heavy atom. The Morgan fingerprint density at radius 1 is 1.00 bits per heavy atom. The molecule has 29 heavy (non-hydrogen) atoms. The summed E-state index contributed by atoms with van der Waals surface area (Å²) in [6, 6.07) is 18.6. The Labute approximate surface area is 177 Å². The fourth-order valence-electron chi connectivity index (χ4n) is 3.52. The van der Waals surface area contributed by atoms with Gasteiger partial charge in [-0.05, 0) is 34.5 Å². The molecular weight excluding hydrogens is 388 g/mol. The van der Waals surface area contributed by atoms with Crippen molar-refractivity contribution in [1.29, 1.82) is 0 Å². The van der Waals surface area contributed by atoms with Crippen LogP contribution in [0.4, 0.5) is 0 Å². The van der Waals surface area contributed by atoms with Crippen molar-refractivity contribution in [3.63, 3.8) is 0 Å². The molecule has 0 amide bonds. The van der Waals surface area contributed by atoms with Crippen molar-refractivity contribution >= 4 is 29.0 Å². The quantitative estimate of drug-likeness (QED) is 0.587. The molecule has 0 spiro atoms. The molecule has 6 heteroatoms. The first kappa shape index (κ1) is 21.0. The monoisotopic (exact) mass is 412 g/mol. The van der Waals surface area contributed by atoms with E-state index in [1.807, 2.05) is 18.2 Å². The predicted molar refractivity (Wildman–Crippen MR) is 120 cm³/mol. The average Bonchev–Trinajstić information content (AvgIpc) is 3.28. The maximum Gasteiger partial charge on any atom is 0.138 e. The van der Waals surface area contributed by atoms with Gasteiger partial charge in [-0.2, -0.15) is 0 Å². The Balaban J connectivity index is 0.00000240. The molecule has 3 aromatic carbocycles. The number of hydrogen-bond donors (Lipinski definition) is 1. The second-order valence-corrected chi connectivity index (χ2v) is 6.58. The van der Waals surface area contributed by atoms with E-state index in [-0.39, 0.29) is 12.4 Å². The molecule has 0 atom stereocenters. The van der Waals surface area contributed by atoms with Crippen LogP contribution < -0.4 is 14.8 Å². The molecule has 1 aliphatic heterocycles. The van der Waals surface area contributed by atoms with Gasteiger partial charge < -0.3 is 19.5 Å². The molecule has 1 heterocycles.